The van der Waals surface area contributed by atoms with Gasteiger partial charge in [-0.2, -0.15) is 4.98 Å². The lowest BCUT2D eigenvalue weighted by molar-refractivity contribution is -0.131. The molecule has 0 unspecified atom stereocenters. The predicted octanol–water partition coefficient (Wildman–Crippen LogP) is 1.49. The number of likely N-dealkylation sites (tertiary alicyclic amines) is 1. The van der Waals surface area contributed by atoms with E-state index in [4.69, 9.17) is 4.52 Å². The number of hydrogen-bond acceptors (Lipinski definition) is 4. The highest BCUT2D eigenvalue weighted by Gasteiger charge is 2.25. The highest BCUT2D eigenvalue weighted by Crippen LogP contribution is 2.25. The molecule has 1 aliphatic heterocycles. The van der Waals surface area contributed by atoms with E-state index < -0.39 is 0 Å². The van der Waals surface area contributed by atoms with Crippen LogP contribution >= 0.6 is 0 Å². The first-order valence-corrected chi connectivity index (χ1v) is 5.78. The van der Waals surface area contributed by atoms with E-state index in [1.54, 1.807) is 6.92 Å². The highest BCUT2D eigenvalue weighted by molar-refractivity contribution is 5.75. The van der Waals surface area contributed by atoms with E-state index in [0.29, 0.717) is 18.2 Å². The molecule has 1 aromatic rings. The Labute approximate surface area is 94.8 Å². The van der Waals surface area contributed by atoms with Gasteiger partial charge < -0.3 is 9.42 Å². The van der Waals surface area contributed by atoms with Gasteiger partial charge in [0.25, 0.3) is 0 Å². The summed E-state index contributed by atoms with van der Waals surface area (Å²) in [5, 5.41) is 3.94. The van der Waals surface area contributed by atoms with Crippen molar-refractivity contribution in [2.75, 3.05) is 13.1 Å². The van der Waals surface area contributed by atoms with Gasteiger partial charge in [-0.3, -0.25) is 4.79 Å². The van der Waals surface area contributed by atoms with Gasteiger partial charge in [-0.25, -0.2) is 0 Å². The fourth-order valence-corrected chi connectivity index (χ4v) is 2.09. The second kappa shape index (κ2) is 4.63. The van der Waals surface area contributed by atoms with Crippen molar-refractivity contribution < 1.29 is 9.32 Å². The Morgan fingerprint density at radius 3 is 2.69 bits per heavy atom. The van der Waals surface area contributed by atoms with Crippen molar-refractivity contribution >= 4 is 5.91 Å². The highest BCUT2D eigenvalue weighted by atomic mass is 16.5. The van der Waals surface area contributed by atoms with Crippen LogP contribution < -0.4 is 0 Å². The first kappa shape index (κ1) is 11.1. The van der Waals surface area contributed by atoms with Gasteiger partial charge in [-0.15, -0.1) is 0 Å². The summed E-state index contributed by atoms with van der Waals surface area (Å²) in [5.41, 5.74) is 0. The fourth-order valence-electron chi connectivity index (χ4n) is 2.09. The Hall–Kier alpha value is -1.39. The molecule has 0 radical (unpaired) electrons. The van der Waals surface area contributed by atoms with Crippen LogP contribution in [0.1, 0.15) is 43.8 Å². The zero-order valence-electron chi connectivity index (χ0n) is 9.77. The first-order chi connectivity index (χ1) is 7.70. The third-order valence-corrected chi connectivity index (χ3v) is 3.06. The average Bonchev–Trinajstić information content (AvgIpc) is 2.75. The van der Waals surface area contributed by atoms with Crippen molar-refractivity contribution in [3.63, 3.8) is 0 Å². The lowest BCUT2D eigenvalue weighted by Gasteiger charge is -2.30. The van der Waals surface area contributed by atoms with Crippen LogP contribution in [-0.2, 0) is 4.79 Å². The molecule has 0 spiro atoms. The molecule has 1 saturated heterocycles. The number of carbonyl (C=O) groups excluding carboxylic acids is 1. The zero-order chi connectivity index (χ0) is 11.5. The Bertz CT molecular complexity index is 367. The summed E-state index contributed by atoms with van der Waals surface area (Å²) in [6, 6.07) is 0. The van der Waals surface area contributed by atoms with E-state index in [0.717, 1.165) is 31.8 Å². The van der Waals surface area contributed by atoms with Crippen molar-refractivity contribution in [1.29, 1.82) is 0 Å². The van der Waals surface area contributed by atoms with Crippen LogP contribution in [0.2, 0.25) is 0 Å². The average molecular weight is 223 g/mol. The molecular formula is C11H17N3O2. The molecule has 2 rings (SSSR count). The zero-order valence-corrected chi connectivity index (χ0v) is 9.77. The van der Waals surface area contributed by atoms with Crippen LogP contribution in [0.15, 0.2) is 4.52 Å². The minimum absolute atomic E-state index is 0.239. The summed E-state index contributed by atoms with van der Waals surface area (Å²) in [6.07, 6.45) is 2.46. The first-order valence-electron chi connectivity index (χ1n) is 5.78. The lowest BCUT2D eigenvalue weighted by Crippen LogP contribution is -2.37. The number of amides is 1. The van der Waals surface area contributed by atoms with Gasteiger partial charge in [0, 0.05) is 32.4 Å². The summed E-state index contributed by atoms with van der Waals surface area (Å²) in [6.45, 7) is 5.32. The Morgan fingerprint density at radius 1 is 1.50 bits per heavy atom. The van der Waals surface area contributed by atoms with Crippen LogP contribution in [0.5, 0.6) is 0 Å². The van der Waals surface area contributed by atoms with Gasteiger partial charge in [0.15, 0.2) is 5.82 Å². The summed E-state index contributed by atoms with van der Waals surface area (Å²) >= 11 is 0. The van der Waals surface area contributed by atoms with Crippen LogP contribution in [0.4, 0.5) is 0 Å². The summed E-state index contributed by atoms with van der Waals surface area (Å²) < 4.78 is 4.97. The summed E-state index contributed by atoms with van der Waals surface area (Å²) in [5.74, 6) is 1.99. The molecule has 0 aliphatic carbocycles. The molecule has 0 atom stereocenters. The molecule has 0 saturated carbocycles. The van der Waals surface area contributed by atoms with Gasteiger partial charge in [-0.1, -0.05) is 12.1 Å². The Morgan fingerprint density at radius 2 is 2.19 bits per heavy atom. The number of rotatable bonds is 2. The van der Waals surface area contributed by atoms with Crippen LogP contribution in [0, 0.1) is 6.92 Å². The van der Waals surface area contributed by atoms with Gasteiger partial charge in [0.05, 0.1) is 0 Å². The van der Waals surface area contributed by atoms with Gasteiger partial charge in [0.1, 0.15) is 0 Å². The minimum atomic E-state index is 0.239. The quantitative estimate of drug-likeness (QED) is 0.762. The summed E-state index contributed by atoms with van der Waals surface area (Å²) in [7, 11) is 0. The van der Waals surface area contributed by atoms with E-state index in [9.17, 15) is 4.79 Å². The predicted molar refractivity (Wildman–Crippen MR) is 57.9 cm³/mol. The van der Waals surface area contributed by atoms with Crippen molar-refractivity contribution in [1.82, 2.24) is 15.0 Å². The molecular weight excluding hydrogens is 206 g/mol. The van der Waals surface area contributed by atoms with E-state index in [2.05, 4.69) is 10.1 Å². The van der Waals surface area contributed by atoms with E-state index in [-0.39, 0.29) is 5.91 Å². The van der Waals surface area contributed by atoms with Gasteiger partial charge >= 0.3 is 0 Å². The number of aromatic nitrogens is 2. The number of nitrogens with zero attached hydrogens (tertiary/aromatic N) is 3. The SMILES string of the molecule is CCC(=O)N1CCC(c2noc(C)n2)CC1. The van der Waals surface area contributed by atoms with E-state index in [1.165, 1.54) is 0 Å². The second-order valence-corrected chi connectivity index (χ2v) is 4.18. The molecule has 1 aromatic heterocycles. The molecule has 16 heavy (non-hydrogen) atoms. The van der Waals surface area contributed by atoms with Crippen molar-refractivity contribution in [2.24, 2.45) is 0 Å². The molecule has 5 heteroatoms. The molecule has 1 amide bonds. The third-order valence-electron chi connectivity index (χ3n) is 3.06. The smallest absolute Gasteiger partial charge is 0.223 e. The maximum atomic E-state index is 11.5. The molecule has 1 aliphatic rings. The molecule has 0 aromatic carbocycles. The molecule has 88 valence electrons. The maximum Gasteiger partial charge on any atom is 0.223 e. The molecule has 0 N–H and O–H groups in total. The number of carbonyl (C=O) groups is 1. The molecule has 0 bridgehead atoms. The summed E-state index contributed by atoms with van der Waals surface area (Å²) in [4.78, 5) is 17.7. The fraction of sp³-hybridized carbons (Fsp3) is 0.727. The van der Waals surface area contributed by atoms with Crippen LogP contribution in [-0.4, -0.2) is 34.0 Å². The van der Waals surface area contributed by atoms with Gasteiger partial charge in [-0.05, 0) is 12.8 Å². The normalized spacial score (nSPS) is 17.8. The Kier molecular flexibility index (Phi) is 3.22. The Balaban J connectivity index is 1.92. The standard InChI is InChI=1S/C11H17N3O2/c1-3-10(15)14-6-4-9(5-7-14)11-12-8(2)16-13-11/h9H,3-7H2,1-2H3. The van der Waals surface area contributed by atoms with Crippen molar-refractivity contribution in [3.8, 4) is 0 Å². The second-order valence-electron chi connectivity index (χ2n) is 4.18. The van der Waals surface area contributed by atoms with E-state index in [1.807, 2.05) is 11.8 Å². The monoisotopic (exact) mass is 223 g/mol. The largest absolute Gasteiger partial charge is 0.343 e. The van der Waals surface area contributed by atoms with Crippen LogP contribution in [0.25, 0.3) is 0 Å². The van der Waals surface area contributed by atoms with Crippen LogP contribution in [0.3, 0.4) is 0 Å². The number of aryl methyl sites for hydroxylation is 1. The maximum absolute atomic E-state index is 11.5. The third kappa shape index (κ3) is 2.23. The number of piperidine rings is 1. The van der Waals surface area contributed by atoms with Crippen molar-refractivity contribution in [2.45, 2.75) is 39.0 Å². The lowest BCUT2D eigenvalue weighted by atomic mass is 9.96. The molecule has 1 fully saturated rings. The topological polar surface area (TPSA) is 59.2 Å². The van der Waals surface area contributed by atoms with Crippen molar-refractivity contribution in [3.05, 3.63) is 11.7 Å². The number of hydrogen-bond donors (Lipinski definition) is 0. The molecule has 2 heterocycles. The van der Waals surface area contributed by atoms with Gasteiger partial charge in [0.2, 0.25) is 11.8 Å². The van der Waals surface area contributed by atoms with E-state index >= 15 is 0 Å². The molecule has 5 nitrogen and oxygen atoms in total. The minimum Gasteiger partial charge on any atom is -0.343 e.